The van der Waals surface area contributed by atoms with Crippen molar-refractivity contribution < 1.29 is 23.5 Å². The molecule has 1 aliphatic heterocycles. The third kappa shape index (κ3) is 4.22. The minimum Gasteiger partial charge on any atom is -0.465 e. The first-order chi connectivity index (χ1) is 16.3. The van der Waals surface area contributed by atoms with E-state index in [2.05, 4.69) is 4.99 Å². The molecule has 1 unspecified atom stereocenters. The molecule has 0 aliphatic carbocycles. The third-order valence-corrected chi connectivity index (χ3v) is 6.34. The number of allylic oxidation sites excluding steroid dienone is 1. The smallest absolute Gasteiger partial charge is 0.338 e. The van der Waals surface area contributed by atoms with E-state index in [1.54, 1.807) is 56.3 Å². The summed E-state index contributed by atoms with van der Waals surface area (Å²) >= 11 is 1.11. The van der Waals surface area contributed by atoms with Crippen LogP contribution in [0.15, 0.2) is 69.6 Å². The van der Waals surface area contributed by atoms with Gasteiger partial charge in [0, 0.05) is 5.56 Å². The van der Waals surface area contributed by atoms with Crippen molar-refractivity contribution in [3.8, 4) is 0 Å². The number of nitrogens with zero attached hydrogens (tertiary/aromatic N) is 2. The van der Waals surface area contributed by atoms with Gasteiger partial charge in [0.1, 0.15) is 5.82 Å². The van der Waals surface area contributed by atoms with Crippen LogP contribution in [0.25, 0.3) is 6.08 Å². The van der Waals surface area contributed by atoms with Crippen LogP contribution in [0, 0.1) is 5.82 Å². The molecule has 1 aliphatic rings. The van der Waals surface area contributed by atoms with Crippen molar-refractivity contribution in [2.24, 2.45) is 4.99 Å². The normalized spacial score (nSPS) is 15.5. The first-order valence-corrected chi connectivity index (χ1v) is 11.3. The number of rotatable bonds is 5. The van der Waals surface area contributed by atoms with E-state index >= 15 is 0 Å². The Morgan fingerprint density at radius 2 is 1.85 bits per heavy atom. The molecule has 0 fully saturated rings. The van der Waals surface area contributed by atoms with Gasteiger partial charge in [-0.15, -0.1) is 0 Å². The number of hydrogen-bond acceptors (Lipinski definition) is 7. The highest BCUT2D eigenvalue weighted by Gasteiger charge is 2.33. The van der Waals surface area contributed by atoms with Crippen LogP contribution in [-0.4, -0.2) is 30.2 Å². The summed E-state index contributed by atoms with van der Waals surface area (Å²) in [6.07, 6.45) is 1.47. The number of ether oxygens (including phenoxy) is 2. The third-order valence-electron chi connectivity index (χ3n) is 5.36. The van der Waals surface area contributed by atoms with Crippen LogP contribution in [0.2, 0.25) is 0 Å². The predicted molar refractivity (Wildman–Crippen MR) is 125 cm³/mol. The molecule has 0 amide bonds. The lowest BCUT2D eigenvalue weighted by Crippen LogP contribution is -2.40. The van der Waals surface area contributed by atoms with Crippen LogP contribution in [0.4, 0.5) is 4.39 Å². The SMILES string of the molecule is CCOC(=O)C1=C(C)N=c2s/c(=C/c3ccccc3F)c(=O)n2C1c1ccc(C(=O)OC)cc1. The molecule has 0 N–H and O–H groups in total. The molecule has 2 aromatic carbocycles. The molecular formula is C25H21FN2O5S. The Kier molecular flexibility index (Phi) is 6.56. The van der Waals surface area contributed by atoms with Gasteiger partial charge in [0.25, 0.3) is 5.56 Å². The van der Waals surface area contributed by atoms with Gasteiger partial charge in [-0.1, -0.05) is 41.7 Å². The second kappa shape index (κ2) is 9.56. The van der Waals surface area contributed by atoms with Crippen LogP contribution in [0.1, 0.15) is 41.4 Å². The number of benzene rings is 2. The first kappa shape index (κ1) is 23.3. The standard InChI is InChI=1S/C25H21FN2O5S/c1-4-33-24(31)20-14(2)27-25-28(21(20)15-9-11-16(12-10-15)23(30)32-3)22(29)19(34-25)13-17-7-5-6-8-18(17)26/h5-13,21H,4H2,1-3H3/b19-13+. The average Bonchev–Trinajstić information content (AvgIpc) is 3.13. The summed E-state index contributed by atoms with van der Waals surface area (Å²) in [5.41, 5.74) is 1.41. The molecule has 1 aromatic heterocycles. The monoisotopic (exact) mass is 480 g/mol. The molecule has 0 radical (unpaired) electrons. The molecule has 174 valence electrons. The highest BCUT2D eigenvalue weighted by atomic mass is 32.1. The first-order valence-electron chi connectivity index (χ1n) is 10.5. The van der Waals surface area contributed by atoms with Crippen molar-refractivity contribution in [2.75, 3.05) is 13.7 Å². The number of esters is 2. The lowest BCUT2D eigenvalue weighted by Gasteiger charge is -2.24. The average molecular weight is 481 g/mol. The Labute approximate surface area is 198 Å². The predicted octanol–water partition coefficient (Wildman–Crippen LogP) is 2.72. The second-order valence-electron chi connectivity index (χ2n) is 7.44. The zero-order valence-corrected chi connectivity index (χ0v) is 19.5. The Bertz CT molecular complexity index is 1480. The van der Waals surface area contributed by atoms with Gasteiger partial charge in [-0.05, 0) is 43.7 Å². The van der Waals surface area contributed by atoms with Crippen molar-refractivity contribution in [2.45, 2.75) is 19.9 Å². The maximum absolute atomic E-state index is 14.2. The van der Waals surface area contributed by atoms with Crippen LogP contribution >= 0.6 is 11.3 Å². The number of thiazole rings is 1. The zero-order valence-electron chi connectivity index (χ0n) is 18.7. The highest BCUT2D eigenvalue weighted by Crippen LogP contribution is 2.31. The maximum Gasteiger partial charge on any atom is 0.338 e. The number of carbonyl (C=O) groups excluding carboxylic acids is 2. The zero-order chi connectivity index (χ0) is 24.4. The number of carbonyl (C=O) groups is 2. The minimum absolute atomic E-state index is 0.154. The topological polar surface area (TPSA) is 87.0 Å². The summed E-state index contributed by atoms with van der Waals surface area (Å²) in [6, 6.07) is 11.8. The molecule has 0 spiro atoms. The summed E-state index contributed by atoms with van der Waals surface area (Å²) in [5.74, 6) is -1.54. The van der Waals surface area contributed by atoms with Crippen molar-refractivity contribution in [1.29, 1.82) is 0 Å². The largest absolute Gasteiger partial charge is 0.465 e. The summed E-state index contributed by atoms with van der Waals surface area (Å²) in [6.45, 7) is 3.52. The van der Waals surface area contributed by atoms with Crippen LogP contribution in [0.5, 0.6) is 0 Å². The summed E-state index contributed by atoms with van der Waals surface area (Å²) in [5, 5.41) is 0. The summed E-state index contributed by atoms with van der Waals surface area (Å²) < 4.78 is 25.9. The van der Waals surface area contributed by atoms with Gasteiger partial charge >= 0.3 is 11.9 Å². The van der Waals surface area contributed by atoms with Gasteiger partial charge < -0.3 is 9.47 Å². The number of fused-ring (bicyclic) bond motifs is 1. The quantitative estimate of drug-likeness (QED) is 0.524. The number of halogens is 1. The van der Waals surface area contributed by atoms with Crippen LogP contribution < -0.4 is 14.9 Å². The van der Waals surface area contributed by atoms with Gasteiger partial charge in [-0.3, -0.25) is 9.36 Å². The molecule has 7 nitrogen and oxygen atoms in total. The maximum atomic E-state index is 14.2. The highest BCUT2D eigenvalue weighted by molar-refractivity contribution is 7.07. The summed E-state index contributed by atoms with van der Waals surface area (Å²) in [4.78, 5) is 43.1. The van der Waals surface area contributed by atoms with Crippen LogP contribution in [-0.2, 0) is 14.3 Å². The van der Waals surface area contributed by atoms with E-state index < -0.39 is 29.4 Å². The van der Waals surface area contributed by atoms with E-state index in [0.717, 1.165) is 11.3 Å². The molecule has 0 bridgehead atoms. The minimum atomic E-state index is -0.829. The molecule has 1 atom stereocenters. The lowest BCUT2D eigenvalue weighted by molar-refractivity contribution is -0.139. The van der Waals surface area contributed by atoms with Crippen molar-refractivity contribution >= 4 is 29.4 Å². The molecule has 0 saturated heterocycles. The molecule has 2 heterocycles. The Balaban J connectivity index is 1.94. The molecule has 4 rings (SSSR count). The van der Waals surface area contributed by atoms with Gasteiger partial charge in [0.05, 0.1) is 41.1 Å². The van der Waals surface area contributed by atoms with Gasteiger partial charge in [0.2, 0.25) is 0 Å². The van der Waals surface area contributed by atoms with E-state index in [1.165, 1.54) is 23.8 Å². The fourth-order valence-electron chi connectivity index (χ4n) is 3.76. The van der Waals surface area contributed by atoms with Gasteiger partial charge in [-0.25, -0.2) is 19.0 Å². The molecular weight excluding hydrogens is 459 g/mol. The Morgan fingerprint density at radius 1 is 1.15 bits per heavy atom. The molecule has 0 saturated carbocycles. The number of aromatic nitrogens is 1. The van der Waals surface area contributed by atoms with Crippen molar-refractivity contribution in [3.05, 3.63) is 102 Å². The van der Waals surface area contributed by atoms with Crippen LogP contribution in [0.3, 0.4) is 0 Å². The molecule has 3 aromatic rings. The number of hydrogen-bond donors (Lipinski definition) is 0. The van der Waals surface area contributed by atoms with Gasteiger partial charge in [0.15, 0.2) is 4.80 Å². The van der Waals surface area contributed by atoms with Crippen molar-refractivity contribution in [1.82, 2.24) is 4.57 Å². The number of methoxy groups -OCH3 is 1. The van der Waals surface area contributed by atoms with Crippen molar-refractivity contribution in [3.63, 3.8) is 0 Å². The Hall–Kier alpha value is -3.85. The summed E-state index contributed by atoms with van der Waals surface area (Å²) in [7, 11) is 1.29. The molecule has 34 heavy (non-hydrogen) atoms. The fraction of sp³-hybridized carbons (Fsp3) is 0.200. The van der Waals surface area contributed by atoms with Gasteiger partial charge in [-0.2, -0.15) is 0 Å². The van der Waals surface area contributed by atoms with E-state index in [9.17, 15) is 18.8 Å². The van der Waals surface area contributed by atoms with E-state index in [4.69, 9.17) is 9.47 Å². The van der Waals surface area contributed by atoms with E-state index in [1.807, 2.05) is 0 Å². The van der Waals surface area contributed by atoms with E-state index in [-0.39, 0.29) is 22.3 Å². The molecule has 9 heteroatoms. The van der Waals surface area contributed by atoms with E-state index in [0.29, 0.717) is 21.6 Å². The fourth-order valence-corrected chi connectivity index (χ4v) is 4.80. The Morgan fingerprint density at radius 3 is 2.50 bits per heavy atom. The lowest BCUT2D eigenvalue weighted by atomic mass is 9.95. The second-order valence-corrected chi connectivity index (χ2v) is 8.45.